The van der Waals surface area contributed by atoms with Crippen molar-refractivity contribution in [3.63, 3.8) is 0 Å². The minimum atomic E-state index is -0.500. The van der Waals surface area contributed by atoms with Crippen molar-refractivity contribution in [3.8, 4) is 0 Å². The summed E-state index contributed by atoms with van der Waals surface area (Å²) in [5, 5.41) is 15.2. The highest BCUT2D eigenvalue weighted by molar-refractivity contribution is 6.02. The monoisotopic (exact) mass is 377 g/mol. The Hall–Kier alpha value is -1.56. The molecule has 2 heterocycles. The van der Waals surface area contributed by atoms with E-state index in [2.05, 4.69) is 17.4 Å². The number of carbonyl (C=O) groups is 1. The molecule has 1 amide bonds. The van der Waals surface area contributed by atoms with Gasteiger partial charge in [0, 0.05) is 37.1 Å². The Labute approximate surface area is 160 Å². The third-order valence-corrected chi connectivity index (χ3v) is 5.71. The molecule has 6 heteroatoms. The lowest BCUT2D eigenvalue weighted by atomic mass is 10.0. The SMILES string of the molecule is CN1CCc2c(n(CC(O)CNC3CCCC3)c3ccccc23)C1=O.Cl. The van der Waals surface area contributed by atoms with Crippen molar-refractivity contribution >= 4 is 29.2 Å². The van der Waals surface area contributed by atoms with Crippen LogP contribution in [0, 0.1) is 0 Å². The molecule has 0 bridgehead atoms. The Balaban J connectivity index is 0.00000196. The summed E-state index contributed by atoms with van der Waals surface area (Å²) >= 11 is 0. The van der Waals surface area contributed by atoms with Crippen LogP contribution < -0.4 is 5.32 Å². The number of aromatic nitrogens is 1. The Kier molecular flexibility index (Phi) is 5.90. The van der Waals surface area contributed by atoms with E-state index in [9.17, 15) is 9.90 Å². The van der Waals surface area contributed by atoms with Gasteiger partial charge in [0.05, 0.1) is 12.6 Å². The van der Waals surface area contributed by atoms with Crippen molar-refractivity contribution in [2.75, 3.05) is 20.1 Å². The number of rotatable bonds is 5. The predicted octanol–water partition coefficient (Wildman–Crippen LogP) is 2.58. The molecule has 1 aliphatic carbocycles. The molecule has 26 heavy (non-hydrogen) atoms. The predicted molar refractivity (Wildman–Crippen MR) is 106 cm³/mol. The highest BCUT2D eigenvalue weighted by Crippen LogP contribution is 2.30. The van der Waals surface area contributed by atoms with Crippen LogP contribution >= 0.6 is 12.4 Å². The molecule has 2 aromatic rings. The number of likely N-dealkylation sites (N-methyl/N-ethyl adjacent to an activating group) is 1. The number of aliphatic hydroxyl groups is 1. The zero-order chi connectivity index (χ0) is 17.4. The molecule has 1 fully saturated rings. The summed E-state index contributed by atoms with van der Waals surface area (Å²) in [4.78, 5) is 14.5. The van der Waals surface area contributed by atoms with E-state index in [4.69, 9.17) is 0 Å². The van der Waals surface area contributed by atoms with Gasteiger partial charge in [0.2, 0.25) is 0 Å². The molecule has 142 valence electrons. The number of nitrogens with zero attached hydrogens (tertiary/aromatic N) is 2. The second kappa shape index (κ2) is 7.99. The minimum Gasteiger partial charge on any atom is -0.390 e. The third kappa shape index (κ3) is 3.48. The number of benzene rings is 1. The molecule has 1 atom stereocenters. The summed E-state index contributed by atoms with van der Waals surface area (Å²) in [6.45, 7) is 1.79. The van der Waals surface area contributed by atoms with Crippen LogP contribution in [0.3, 0.4) is 0 Å². The van der Waals surface area contributed by atoms with Crippen LogP contribution in [0.1, 0.15) is 41.7 Å². The van der Waals surface area contributed by atoms with E-state index in [0.717, 1.165) is 35.1 Å². The van der Waals surface area contributed by atoms with Crippen molar-refractivity contribution < 1.29 is 9.90 Å². The molecule has 0 radical (unpaired) electrons. The number of para-hydroxylation sites is 1. The topological polar surface area (TPSA) is 57.5 Å². The maximum atomic E-state index is 12.8. The fourth-order valence-electron chi connectivity index (χ4n) is 4.33. The van der Waals surface area contributed by atoms with Crippen molar-refractivity contribution in [2.24, 2.45) is 0 Å². The molecule has 5 nitrogen and oxygen atoms in total. The molecule has 1 aliphatic heterocycles. The maximum absolute atomic E-state index is 12.8. The Morgan fingerprint density at radius 2 is 2.00 bits per heavy atom. The van der Waals surface area contributed by atoms with Gasteiger partial charge in [-0.1, -0.05) is 31.0 Å². The molecule has 0 saturated heterocycles. The smallest absolute Gasteiger partial charge is 0.270 e. The molecule has 2 aliphatic rings. The summed E-state index contributed by atoms with van der Waals surface area (Å²) in [5.74, 6) is 0.0633. The molecule has 1 saturated carbocycles. The largest absolute Gasteiger partial charge is 0.390 e. The summed E-state index contributed by atoms with van der Waals surface area (Å²) < 4.78 is 2.03. The van der Waals surface area contributed by atoms with Crippen molar-refractivity contribution in [1.29, 1.82) is 0 Å². The van der Waals surface area contributed by atoms with Gasteiger partial charge in [0.1, 0.15) is 5.69 Å². The average molecular weight is 378 g/mol. The first-order valence-corrected chi connectivity index (χ1v) is 9.42. The number of amides is 1. The van der Waals surface area contributed by atoms with E-state index >= 15 is 0 Å². The Morgan fingerprint density at radius 3 is 2.77 bits per heavy atom. The van der Waals surface area contributed by atoms with Gasteiger partial charge < -0.3 is 19.9 Å². The Morgan fingerprint density at radius 1 is 1.27 bits per heavy atom. The highest BCUT2D eigenvalue weighted by Gasteiger charge is 2.29. The van der Waals surface area contributed by atoms with Gasteiger partial charge in [-0.3, -0.25) is 4.79 Å². The molecule has 1 aromatic carbocycles. The van der Waals surface area contributed by atoms with Gasteiger partial charge in [-0.15, -0.1) is 12.4 Å². The van der Waals surface area contributed by atoms with Gasteiger partial charge in [0.15, 0.2) is 0 Å². The number of hydrogen-bond donors (Lipinski definition) is 2. The lowest BCUT2D eigenvalue weighted by Gasteiger charge is -2.25. The van der Waals surface area contributed by atoms with E-state index < -0.39 is 6.10 Å². The Bertz CT molecular complexity index is 783. The summed E-state index contributed by atoms with van der Waals surface area (Å²) in [6, 6.07) is 8.71. The lowest BCUT2D eigenvalue weighted by molar-refractivity contribution is 0.0763. The number of aliphatic hydroxyl groups excluding tert-OH is 1. The van der Waals surface area contributed by atoms with Crippen LogP contribution in [0.2, 0.25) is 0 Å². The highest BCUT2D eigenvalue weighted by atomic mass is 35.5. The van der Waals surface area contributed by atoms with Gasteiger partial charge in [-0.25, -0.2) is 0 Å². The fraction of sp³-hybridized carbons (Fsp3) is 0.550. The standard InChI is InChI=1S/C20H27N3O2.ClH/c1-22-11-10-17-16-8-4-5-9-18(16)23(19(17)20(22)25)13-15(24)12-21-14-6-2-3-7-14;/h4-5,8-9,14-15,21,24H,2-3,6-7,10-13H2,1H3;1H. The number of carbonyl (C=O) groups excluding carboxylic acids is 1. The van der Waals surface area contributed by atoms with Crippen LogP contribution in [-0.2, 0) is 13.0 Å². The van der Waals surface area contributed by atoms with Crippen LogP contribution in [0.5, 0.6) is 0 Å². The zero-order valence-corrected chi connectivity index (χ0v) is 16.1. The normalized spacial score (nSPS) is 18.8. The van der Waals surface area contributed by atoms with Gasteiger partial charge in [-0.2, -0.15) is 0 Å². The van der Waals surface area contributed by atoms with Gasteiger partial charge in [0.25, 0.3) is 5.91 Å². The quantitative estimate of drug-likeness (QED) is 0.842. The van der Waals surface area contributed by atoms with Gasteiger partial charge in [-0.05, 0) is 30.9 Å². The summed E-state index contributed by atoms with van der Waals surface area (Å²) in [6.07, 6.45) is 5.35. The van der Waals surface area contributed by atoms with E-state index in [1.165, 1.54) is 25.7 Å². The molecule has 1 unspecified atom stereocenters. The van der Waals surface area contributed by atoms with E-state index in [-0.39, 0.29) is 18.3 Å². The molecule has 2 N–H and O–H groups in total. The summed E-state index contributed by atoms with van der Waals surface area (Å²) in [5.41, 5.74) is 2.94. The minimum absolute atomic E-state index is 0. The second-order valence-electron chi connectivity index (χ2n) is 7.48. The number of hydrogen-bond acceptors (Lipinski definition) is 3. The molecule has 0 spiro atoms. The molecule has 1 aromatic heterocycles. The summed E-state index contributed by atoms with van der Waals surface area (Å²) in [7, 11) is 1.85. The van der Waals surface area contributed by atoms with Crippen LogP contribution in [0.25, 0.3) is 10.9 Å². The van der Waals surface area contributed by atoms with Crippen molar-refractivity contribution in [3.05, 3.63) is 35.5 Å². The molecular formula is C20H28ClN3O2. The van der Waals surface area contributed by atoms with Crippen LogP contribution in [-0.4, -0.2) is 52.8 Å². The number of nitrogens with one attached hydrogen (secondary N) is 1. The molecular weight excluding hydrogens is 350 g/mol. The zero-order valence-electron chi connectivity index (χ0n) is 15.3. The van der Waals surface area contributed by atoms with Crippen LogP contribution in [0.4, 0.5) is 0 Å². The second-order valence-corrected chi connectivity index (χ2v) is 7.48. The first-order chi connectivity index (χ1) is 12.1. The fourth-order valence-corrected chi connectivity index (χ4v) is 4.33. The first kappa shape index (κ1) is 19.2. The van der Waals surface area contributed by atoms with Gasteiger partial charge >= 0.3 is 0 Å². The van der Waals surface area contributed by atoms with Crippen molar-refractivity contribution in [1.82, 2.24) is 14.8 Å². The number of halogens is 1. The van der Waals surface area contributed by atoms with Crippen LogP contribution in [0.15, 0.2) is 24.3 Å². The van der Waals surface area contributed by atoms with Crippen molar-refractivity contribution in [2.45, 2.75) is 50.8 Å². The average Bonchev–Trinajstić information content (AvgIpc) is 3.24. The van der Waals surface area contributed by atoms with E-state index in [1.807, 2.05) is 23.7 Å². The third-order valence-electron chi connectivity index (χ3n) is 5.71. The lowest BCUT2D eigenvalue weighted by Crippen LogP contribution is -2.38. The number of fused-ring (bicyclic) bond motifs is 3. The van der Waals surface area contributed by atoms with E-state index in [1.54, 1.807) is 4.90 Å². The van der Waals surface area contributed by atoms with E-state index in [0.29, 0.717) is 19.1 Å². The maximum Gasteiger partial charge on any atom is 0.270 e. The molecule has 4 rings (SSSR count). The first-order valence-electron chi connectivity index (χ1n) is 9.42.